The van der Waals surface area contributed by atoms with Crippen molar-refractivity contribution in [2.45, 2.75) is 33.9 Å². The fraction of sp³-hybridized carbons (Fsp3) is 0.455. The Kier molecular flexibility index (Phi) is 6.61. The van der Waals surface area contributed by atoms with Crippen LogP contribution < -0.4 is 5.69 Å². The highest BCUT2D eigenvalue weighted by molar-refractivity contribution is 6.29. The highest BCUT2D eigenvalue weighted by Crippen LogP contribution is 2.28. The lowest BCUT2D eigenvalue weighted by atomic mass is 10.5. The van der Waals surface area contributed by atoms with Crippen molar-refractivity contribution >= 4 is 17.2 Å². The molecule has 0 saturated heterocycles. The smallest absolute Gasteiger partial charge is 0.297 e. The van der Waals surface area contributed by atoms with Crippen LogP contribution >= 0.6 is 11.6 Å². The highest BCUT2D eigenvalue weighted by atomic mass is 35.5. The maximum Gasteiger partial charge on any atom is 0.434 e. The van der Waals surface area contributed by atoms with E-state index in [1.807, 2.05) is 27.7 Å². The molecule has 0 saturated carbocycles. The van der Waals surface area contributed by atoms with Gasteiger partial charge in [0.1, 0.15) is 10.8 Å². The zero-order chi connectivity index (χ0) is 15.2. The third kappa shape index (κ3) is 4.27. The van der Waals surface area contributed by atoms with Crippen molar-refractivity contribution in [1.29, 1.82) is 0 Å². The van der Waals surface area contributed by atoms with E-state index in [1.165, 1.54) is 0 Å². The van der Waals surface area contributed by atoms with Crippen molar-refractivity contribution < 1.29 is 13.2 Å². The Morgan fingerprint density at radius 2 is 1.79 bits per heavy atom. The molecule has 0 aliphatic heterocycles. The van der Waals surface area contributed by atoms with E-state index >= 15 is 0 Å². The third-order valence-electron chi connectivity index (χ3n) is 1.72. The Hall–Kier alpha value is -1.50. The lowest BCUT2D eigenvalue weighted by Gasteiger charge is -1.98. The summed E-state index contributed by atoms with van der Waals surface area (Å²) in [7, 11) is 0. The van der Waals surface area contributed by atoms with Crippen molar-refractivity contribution in [3.8, 4) is 0 Å². The summed E-state index contributed by atoms with van der Waals surface area (Å²) in [5, 5.41) is -0.0631. The zero-order valence-electron chi connectivity index (χ0n) is 11.0. The Balaban J connectivity index is 0.000000741. The minimum Gasteiger partial charge on any atom is -0.297 e. The maximum atomic E-state index is 12.2. The molecule has 2 heterocycles. The molecular formula is C11H15ClF3N3O. The van der Waals surface area contributed by atoms with E-state index < -0.39 is 17.6 Å². The number of halogens is 4. The second-order valence-corrected chi connectivity index (χ2v) is 3.18. The summed E-state index contributed by atoms with van der Waals surface area (Å²) in [6.07, 6.45) is -3.96. The lowest BCUT2D eigenvalue weighted by molar-refractivity contribution is -0.140. The summed E-state index contributed by atoms with van der Waals surface area (Å²) in [6.45, 7) is 8.00. The van der Waals surface area contributed by atoms with Crippen LogP contribution in [0.25, 0.3) is 5.65 Å². The molecule has 108 valence electrons. The van der Waals surface area contributed by atoms with E-state index in [9.17, 15) is 18.0 Å². The van der Waals surface area contributed by atoms with Gasteiger partial charge in [-0.2, -0.15) is 13.2 Å². The van der Waals surface area contributed by atoms with Crippen molar-refractivity contribution in [3.63, 3.8) is 0 Å². The van der Waals surface area contributed by atoms with Gasteiger partial charge in [-0.05, 0) is 0 Å². The number of H-pyrrole nitrogens is 1. The molecule has 0 spiro atoms. The second-order valence-electron chi connectivity index (χ2n) is 2.77. The first-order chi connectivity index (χ1) is 8.88. The molecule has 0 amide bonds. The van der Waals surface area contributed by atoms with Gasteiger partial charge in [0.2, 0.25) is 0 Å². The van der Waals surface area contributed by atoms with Crippen LogP contribution in [0.2, 0.25) is 5.15 Å². The standard InChI is InChI=1S/C7H3ClF3N3O.2C2H6/c8-4-1-5-12-3(7(9,10)11)2-14(5)6(15)13-4;2*1-2/h1-2H,(H,13,15);2*1-2H3. The molecule has 0 aromatic carbocycles. The van der Waals surface area contributed by atoms with Gasteiger partial charge in [-0.1, -0.05) is 39.3 Å². The maximum absolute atomic E-state index is 12.2. The molecule has 2 rings (SSSR count). The molecule has 0 radical (unpaired) electrons. The molecule has 8 heteroatoms. The number of aromatic nitrogens is 3. The summed E-state index contributed by atoms with van der Waals surface area (Å²) in [4.78, 5) is 16.5. The first-order valence-electron chi connectivity index (χ1n) is 5.73. The van der Waals surface area contributed by atoms with Crippen LogP contribution in [0.4, 0.5) is 13.2 Å². The highest BCUT2D eigenvalue weighted by Gasteiger charge is 2.34. The molecule has 19 heavy (non-hydrogen) atoms. The van der Waals surface area contributed by atoms with Gasteiger partial charge in [0.15, 0.2) is 5.69 Å². The molecule has 2 aromatic rings. The number of nitrogens with zero attached hydrogens (tertiary/aromatic N) is 2. The number of imidazole rings is 1. The minimum absolute atomic E-state index is 0.0631. The Bertz CT molecular complexity index is 575. The molecule has 2 aromatic heterocycles. The lowest BCUT2D eigenvalue weighted by Crippen LogP contribution is -2.14. The normalized spacial score (nSPS) is 10.3. The number of hydrogen-bond donors (Lipinski definition) is 1. The third-order valence-corrected chi connectivity index (χ3v) is 1.93. The number of hydrogen-bond acceptors (Lipinski definition) is 2. The van der Waals surface area contributed by atoms with Crippen molar-refractivity contribution in [2.24, 2.45) is 0 Å². The summed E-state index contributed by atoms with van der Waals surface area (Å²) < 4.78 is 37.5. The van der Waals surface area contributed by atoms with E-state index in [-0.39, 0.29) is 10.8 Å². The zero-order valence-corrected chi connectivity index (χ0v) is 11.7. The number of fused-ring (bicyclic) bond motifs is 1. The summed E-state index contributed by atoms with van der Waals surface area (Å²) in [5.41, 5.74) is -2.04. The fourth-order valence-electron chi connectivity index (χ4n) is 1.11. The summed E-state index contributed by atoms with van der Waals surface area (Å²) >= 11 is 5.46. The van der Waals surface area contributed by atoms with Crippen molar-refractivity contribution in [3.05, 3.63) is 33.6 Å². The van der Waals surface area contributed by atoms with E-state index in [2.05, 4.69) is 9.97 Å². The number of aromatic amines is 1. The molecule has 0 atom stereocenters. The van der Waals surface area contributed by atoms with E-state index in [4.69, 9.17) is 11.6 Å². The van der Waals surface area contributed by atoms with Crippen molar-refractivity contribution in [2.75, 3.05) is 0 Å². The number of nitrogens with one attached hydrogen (secondary N) is 1. The van der Waals surface area contributed by atoms with Gasteiger partial charge >= 0.3 is 11.9 Å². The molecular weight excluding hydrogens is 283 g/mol. The van der Waals surface area contributed by atoms with Crippen LogP contribution in [0.15, 0.2) is 17.1 Å². The predicted octanol–water partition coefficient (Wildman–Crippen LogP) is 3.75. The van der Waals surface area contributed by atoms with Crippen LogP contribution in [-0.2, 0) is 6.18 Å². The Labute approximate surface area is 113 Å². The second kappa shape index (κ2) is 7.18. The molecule has 0 unspecified atom stereocenters. The molecule has 1 N–H and O–H groups in total. The fourth-order valence-corrected chi connectivity index (χ4v) is 1.29. The topological polar surface area (TPSA) is 50.2 Å². The first-order valence-corrected chi connectivity index (χ1v) is 6.11. The average Bonchev–Trinajstić information content (AvgIpc) is 2.78. The molecule has 0 fully saturated rings. The monoisotopic (exact) mass is 297 g/mol. The van der Waals surface area contributed by atoms with Crippen molar-refractivity contribution in [1.82, 2.24) is 14.4 Å². The first kappa shape index (κ1) is 17.5. The quantitative estimate of drug-likeness (QED) is 0.753. The molecule has 0 aliphatic rings. The van der Waals surface area contributed by atoms with Gasteiger partial charge in [-0.15, -0.1) is 0 Å². The largest absolute Gasteiger partial charge is 0.434 e. The Morgan fingerprint density at radius 3 is 2.26 bits per heavy atom. The average molecular weight is 298 g/mol. The number of rotatable bonds is 0. The molecule has 0 aliphatic carbocycles. The van der Waals surface area contributed by atoms with Gasteiger partial charge < -0.3 is 0 Å². The van der Waals surface area contributed by atoms with E-state index in [1.54, 1.807) is 0 Å². The van der Waals surface area contributed by atoms with E-state index in [0.29, 0.717) is 6.20 Å². The van der Waals surface area contributed by atoms with Crippen LogP contribution in [-0.4, -0.2) is 14.4 Å². The van der Waals surface area contributed by atoms with Gasteiger partial charge in [0.25, 0.3) is 0 Å². The van der Waals surface area contributed by atoms with Gasteiger partial charge in [0, 0.05) is 12.3 Å². The van der Waals surface area contributed by atoms with Crippen LogP contribution in [0.5, 0.6) is 0 Å². The Morgan fingerprint density at radius 1 is 1.26 bits per heavy atom. The molecule has 4 nitrogen and oxygen atoms in total. The summed E-state index contributed by atoms with van der Waals surface area (Å²) in [6, 6.07) is 1.14. The van der Waals surface area contributed by atoms with Crippen LogP contribution in [0, 0.1) is 0 Å². The van der Waals surface area contributed by atoms with Gasteiger partial charge in [-0.25, -0.2) is 9.78 Å². The SMILES string of the molecule is CC.CC.O=c1[nH]c(Cl)cc2nc(C(F)(F)F)cn12. The molecule has 0 bridgehead atoms. The summed E-state index contributed by atoms with van der Waals surface area (Å²) in [5.74, 6) is 0. The van der Waals surface area contributed by atoms with Crippen LogP contribution in [0.3, 0.4) is 0 Å². The minimum atomic E-state index is -4.58. The van der Waals surface area contributed by atoms with Gasteiger partial charge in [-0.3, -0.25) is 9.38 Å². The predicted molar refractivity (Wildman–Crippen MR) is 68.5 cm³/mol. The van der Waals surface area contributed by atoms with Gasteiger partial charge in [0.05, 0.1) is 0 Å². The number of alkyl halides is 3. The van der Waals surface area contributed by atoms with E-state index in [0.717, 1.165) is 10.5 Å². The van der Waals surface area contributed by atoms with Crippen LogP contribution in [0.1, 0.15) is 33.4 Å².